The quantitative estimate of drug-likeness (QED) is 0.246. The number of hydrogen-bond acceptors (Lipinski definition) is 4. The third-order valence-corrected chi connectivity index (χ3v) is 7.30. The molecule has 0 spiro atoms. The van der Waals surface area contributed by atoms with Gasteiger partial charge in [0, 0.05) is 30.6 Å². The fourth-order valence-corrected chi connectivity index (χ4v) is 5.03. The molecule has 0 atom stereocenters. The molecule has 4 aromatic rings. The minimum absolute atomic E-state index is 0.0140. The first-order chi connectivity index (χ1) is 18.0. The van der Waals surface area contributed by atoms with Crippen LogP contribution in [0, 0.1) is 6.92 Å². The van der Waals surface area contributed by atoms with E-state index in [2.05, 4.69) is 13.0 Å². The van der Waals surface area contributed by atoms with Gasteiger partial charge in [0.15, 0.2) is 0 Å². The molecule has 0 aliphatic rings. The monoisotopic (exact) mass is 512 g/mol. The molecule has 190 valence electrons. The highest BCUT2D eigenvalue weighted by Gasteiger charge is 2.23. The predicted octanol–water partition coefficient (Wildman–Crippen LogP) is 6.04. The zero-order chi connectivity index (χ0) is 26.0. The van der Waals surface area contributed by atoms with E-state index in [0.717, 1.165) is 21.6 Å². The molecule has 0 saturated carbocycles. The van der Waals surface area contributed by atoms with Crippen molar-refractivity contribution in [1.82, 2.24) is 9.80 Å². The minimum Gasteiger partial charge on any atom is -0.383 e. The molecule has 4 rings (SSSR count). The Bertz CT molecular complexity index is 1290. The topological polar surface area (TPSA) is 49.9 Å². The van der Waals surface area contributed by atoms with Gasteiger partial charge < -0.3 is 14.5 Å². The second-order valence-electron chi connectivity index (χ2n) is 8.93. The average Bonchev–Trinajstić information content (AvgIpc) is 3.35. The van der Waals surface area contributed by atoms with Crippen LogP contribution in [0.3, 0.4) is 0 Å². The van der Waals surface area contributed by atoms with Crippen LogP contribution < -0.4 is 0 Å². The minimum atomic E-state index is -0.183. The second-order valence-corrected chi connectivity index (χ2v) is 9.93. The van der Waals surface area contributed by atoms with Crippen LogP contribution >= 0.6 is 11.3 Å². The molecule has 1 heterocycles. The highest BCUT2D eigenvalue weighted by atomic mass is 32.1. The van der Waals surface area contributed by atoms with E-state index in [-0.39, 0.29) is 18.4 Å². The normalized spacial score (nSPS) is 10.8. The summed E-state index contributed by atoms with van der Waals surface area (Å²) in [6.45, 7) is 3.72. The fourth-order valence-electron chi connectivity index (χ4n) is 4.11. The van der Waals surface area contributed by atoms with Gasteiger partial charge in [-0.15, -0.1) is 11.3 Å². The van der Waals surface area contributed by atoms with Crippen molar-refractivity contribution in [3.05, 3.63) is 118 Å². The molecular formula is C31H32N2O3S. The Morgan fingerprint density at radius 1 is 0.784 bits per heavy atom. The number of aryl methyl sites for hydroxylation is 1. The lowest BCUT2D eigenvalue weighted by molar-refractivity contribution is -0.133. The molecule has 0 radical (unpaired) electrons. The molecule has 3 aromatic carbocycles. The summed E-state index contributed by atoms with van der Waals surface area (Å²) in [5.41, 5.74) is 4.90. The van der Waals surface area contributed by atoms with Gasteiger partial charge in [-0.25, -0.2) is 0 Å². The Morgan fingerprint density at radius 3 is 2.05 bits per heavy atom. The van der Waals surface area contributed by atoms with Crippen molar-refractivity contribution >= 4 is 23.2 Å². The first-order valence-electron chi connectivity index (χ1n) is 12.3. The van der Waals surface area contributed by atoms with Gasteiger partial charge in [0.05, 0.1) is 13.2 Å². The number of amides is 2. The summed E-state index contributed by atoms with van der Waals surface area (Å²) in [4.78, 5) is 31.7. The number of carbonyl (C=O) groups excluding carboxylic acids is 2. The van der Waals surface area contributed by atoms with Gasteiger partial charge in [-0.1, -0.05) is 72.8 Å². The predicted molar refractivity (Wildman–Crippen MR) is 149 cm³/mol. The van der Waals surface area contributed by atoms with E-state index in [9.17, 15) is 9.59 Å². The first-order valence-corrected chi connectivity index (χ1v) is 13.2. The van der Waals surface area contributed by atoms with E-state index in [0.29, 0.717) is 31.8 Å². The van der Waals surface area contributed by atoms with Crippen LogP contribution in [0.2, 0.25) is 0 Å². The Hall–Kier alpha value is -3.74. The van der Waals surface area contributed by atoms with Crippen molar-refractivity contribution in [2.24, 2.45) is 0 Å². The van der Waals surface area contributed by atoms with Crippen molar-refractivity contribution in [2.45, 2.75) is 20.0 Å². The van der Waals surface area contributed by atoms with Crippen molar-refractivity contribution < 1.29 is 14.3 Å². The molecule has 0 bridgehead atoms. The number of rotatable bonds is 11. The average molecular weight is 513 g/mol. The summed E-state index contributed by atoms with van der Waals surface area (Å²) in [7, 11) is 1.60. The molecule has 0 aliphatic carbocycles. The maximum atomic E-state index is 13.6. The van der Waals surface area contributed by atoms with Crippen LogP contribution in [0.25, 0.3) is 11.1 Å². The standard InChI is InChI=1S/C31H32N2O3S/c1-24-17-20-37-29(24)22-33(21-25-9-5-3-6-10-25)30(34)23-32(18-19-36-2)31(35)28-15-13-27(14-16-28)26-11-7-4-8-12-26/h3-17,20H,18-19,21-23H2,1-2H3. The van der Waals surface area contributed by atoms with Crippen molar-refractivity contribution in [1.29, 1.82) is 0 Å². The molecule has 1 aromatic heterocycles. The summed E-state index contributed by atoms with van der Waals surface area (Å²) in [6.07, 6.45) is 0. The largest absolute Gasteiger partial charge is 0.383 e. The molecule has 0 N–H and O–H groups in total. The van der Waals surface area contributed by atoms with Crippen molar-refractivity contribution in [2.75, 3.05) is 26.8 Å². The molecule has 0 aliphatic heterocycles. The molecule has 0 unspecified atom stereocenters. The fraction of sp³-hybridized carbons (Fsp3) is 0.226. The van der Waals surface area contributed by atoms with Crippen LogP contribution in [-0.2, 0) is 22.6 Å². The third-order valence-electron chi connectivity index (χ3n) is 6.29. The number of benzene rings is 3. The number of hydrogen-bond donors (Lipinski definition) is 0. The Kier molecular flexibility index (Phi) is 9.24. The number of ether oxygens (including phenoxy) is 1. The highest BCUT2D eigenvalue weighted by Crippen LogP contribution is 2.21. The van der Waals surface area contributed by atoms with E-state index in [1.807, 2.05) is 95.2 Å². The summed E-state index contributed by atoms with van der Waals surface area (Å²) >= 11 is 1.65. The van der Waals surface area contributed by atoms with Gasteiger partial charge in [-0.2, -0.15) is 0 Å². The van der Waals surface area contributed by atoms with Gasteiger partial charge in [-0.05, 0) is 52.8 Å². The molecule has 37 heavy (non-hydrogen) atoms. The Balaban J connectivity index is 1.52. The van der Waals surface area contributed by atoms with Gasteiger partial charge in [-0.3, -0.25) is 9.59 Å². The highest BCUT2D eigenvalue weighted by molar-refractivity contribution is 7.10. The number of thiophene rings is 1. The molecule has 2 amide bonds. The van der Waals surface area contributed by atoms with Crippen molar-refractivity contribution in [3.63, 3.8) is 0 Å². The number of nitrogens with zero attached hydrogens (tertiary/aromatic N) is 2. The molecule has 5 nitrogen and oxygen atoms in total. The van der Waals surface area contributed by atoms with Crippen LogP contribution in [0.15, 0.2) is 96.4 Å². The number of carbonyl (C=O) groups is 2. The van der Waals surface area contributed by atoms with E-state index in [4.69, 9.17) is 4.74 Å². The Labute approximate surface area is 222 Å². The van der Waals surface area contributed by atoms with Crippen LogP contribution in [0.4, 0.5) is 0 Å². The maximum Gasteiger partial charge on any atom is 0.254 e. The van der Waals surface area contributed by atoms with Gasteiger partial charge in [0.1, 0.15) is 6.54 Å². The summed E-state index contributed by atoms with van der Waals surface area (Å²) in [5.74, 6) is -0.279. The molecule has 0 fully saturated rings. The third kappa shape index (κ3) is 7.15. The molecule has 0 saturated heterocycles. The maximum absolute atomic E-state index is 13.6. The van der Waals surface area contributed by atoms with Crippen LogP contribution in [0.1, 0.15) is 26.4 Å². The van der Waals surface area contributed by atoms with Crippen molar-refractivity contribution in [3.8, 4) is 11.1 Å². The lowest BCUT2D eigenvalue weighted by Crippen LogP contribution is -2.43. The van der Waals surface area contributed by atoms with E-state index < -0.39 is 0 Å². The number of methoxy groups -OCH3 is 1. The molecular weight excluding hydrogens is 480 g/mol. The first kappa shape index (κ1) is 26.3. The summed E-state index contributed by atoms with van der Waals surface area (Å²) in [6, 6.07) is 29.6. The smallest absolute Gasteiger partial charge is 0.254 e. The zero-order valence-corrected chi connectivity index (χ0v) is 22.1. The summed E-state index contributed by atoms with van der Waals surface area (Å²) < 4.78 is 5.26. The SMILES string of the molecule is COCCN(CC(=O)N(Cc1ccccc1)Cc1sccc1C)C(=O)c1ccc(-c2ccccc2)cc1. The zero-order valence-electron chi connectivity index (χ0n) is 21.3. The van der Waals surface area contributed by atoms with E-state index in [1.165, 1.54) is 5.56 Å². The lowest BCUT2D eigenvalue weighted by atomic mass is 10.0. The van der Waals surface area contributed by atoms with Crippen LogP contribution in [0.5, 0.6) is 0 Å². The lowest BCUT2D eigenvalue weighted by Gasteiger charge is -2.28. The van der Waals surface area contributed by atoms with Gasteiger partial charge in [0.25, 0.3) is 5.91 Å². The second kappa shape index (κ2) is 13.0. The van der Waals surface area contributed by atoms with Gasteiger partial charge in [0.2, 0.25) is 5.91 Å². The molecule has 6 heteroatoms. The van der Waals surface area contributed by atoms with E-state index in [1.54, 1.807) is 23.3 Å². The van der Waals surface area contributed by atoms with Crippen LogP contribution in [-0.4, -0.2) is 48.4 Å². The van der Waals surface area contributed by atoms with Gasteiger partial charge >= 0.3 is 0 Å². The van der Waals surface area contributed by atoms with E-state index >= 15 is 0 Å². The Morgan fingerprint density at radius 2 is 1.43 bits per heavy atom. The summed E-state index contributed by atoms with van der Waals surface area (Å²) in [5, 5.41) is 2.05.